The second-order valence-corrected chi connectivity index (χ2v) is 12.3. The molecule has 0 atom stereocenters. The normalized spacial score (nSPS) is 13.4. The van der Waals surface area contributed by atoms with Gasteiger partial charge in [-0.25, -0.2) is 9.37 Å². The Labute approximate surface area is 278 Å². The molecule has 0 bridgehead atoms. The minimum atomic E-state index is -1.01. The van der Waals surface area contributed by atoms with Gasteiger partial charge in [-0.3, -0.25) is 19.1 Å². The van der Waals surface area contributed by atoms with Crippen molar-refractivity contribution in [3.63, 3.8) is 0 Å². The van der Waals surface area contributed by atoms with E-state index in [4.69, 9.17) is 57.1 Å². The fourth-order valence-electron chi connectivity index (χ4n) is 5.52. The lowest BCUT2D eigenvalue weighted by molar-refractivity contribution is -0.126. The molecule has 1 aromatic carbocycles. The van der Waals surface area contributed by atoms with Crippen LogP contribution < -0.4 is 16.2 Å². The molecule has 4 aromatic rings. The number of piperazine rings is 1. The van der Waals surface area contributed by atoms with E-state index >= 15 is 4.39 Å². The standard InChI is InChI=1S/C31H26Cl4FN7O2/c1-5-19(44)41-8-10-42(11-9-41)29-16-12-18(32)27(20-21(33)24(36)22(34)23(35)25(20)38)40-30(16)43(31(45)17(29)13-37)28-15(4)6-7-39-26(28)14(2)3/h5-7,12,14H,1,8-11,38H2,2-4H3. The number of aromatic nitrogens is 3. The first-order chi connectivity index (χ1) is 21.3. The minimum absolute atomic E-state index is 0.00306. The molecule has 1 fully saturated rings. The molecule has 9 nitrogen and oxygen atoms in total. The highest BCUT2D eigenvalue weighted by atomic mass is 35.5. The lowest BCUT2D eigenvalue weighted by Crippen LogP contribution is -2.49. The van der Waals surface area contributed by atoms with Gasteiger partial charge in [-0.05, 0) is 36.6 Å². The molecule has 0 spiro atoms. The van der Waals surface area contributed by atoms with Crippen molar-refractivity contribution in [3.05, 3.63) is 84.1 Å². The summed E-state index contributed by atoms with van der Waals surface area (Å²) >= 11 is 25.5. The zero-order chi connectivity index (χ0) is 32.9. The Morgan fingerprint density at radius 2 is 1.80 bits per heavy atom. The zero-order valence-corrected chi connectivity index (χ0v) is 27.4. The van der Waals surface area contributed by atoms with Gasteiger partial charge in [0.1, 0.15) is 17.3 Å². The average Bonchev–Trinajstić information content (AvgIpc) is 3.02. The summed E-state index contributed by atoms with van der Waals surface area (Å²) in [5.74, 6) is -1.36. The van der Waals surface area contributed by atoms with Gasteiger partial charge in [0.15, 0.2) is 5.82 Å². The molecule has 3 aromatic heterocycles. The van der Waals surface area contributed by atoms with Gasteiger partial charge in [-0.15, -0.1) is 0 Å². The maximum atomic E-state index is 15.1. The van der Waals surface area contributed by atoms with E-state index in [9.17, 15) is 14.9 Å². The fraction of sp³-hybridized carbons (Fsp3) is 0.258. The van der Waals surface area contributed by atoms with Crippen molar-refractivity contribution in [2.75, 3.05) is 36.8 Å². The van der Waals surface area contributed by atoms with Crippen molar-refractivity contribution in [2.24, 2.45) is 0 Å². The Morgan fingerprint density at radius 1 is 1.13 bits per heavy atom. The summed E-state index contributed by atoms with van der Waals surface area (Å²) in [6.07, 6.45) is 2.88. The Balaban J connectivity index is 1.93. The second-order valence-electron chi connectivity index (χ2n) is 10.7. The number of hydrogen-bond acceptors (Lipinski definition) is 7. The van der Waals surface area contributed by atoms with Crippen molar-refractivity contribution >= 4 is 74.7 Å². The second kappa shape index (κ2) is 12.5. The van der Waals surface area contributed by atoms with E-state index in [0.717, 1.165) is 0 Å². The number of carbonyl (C=O) groups is 1. The van der Waals surface area contributed by atoms with Crippen LogP contribution in [0.5, 0.6) is 0 Å². The van der Waals surface area contributed by atoms with E-state index in [1.54, 1.807) is 17.2 Å². The molecule has 0 aliphatic carbocycles. The number of nitrogens with two attached hydrogens (primary N) is 1. The van der Waals surface area contributed by atoms with Crippen LogP contribution in [0.25, 0.3) is 28.0 Å². The number of hydrogen-bond donors (Lipinski definition) is 1. The SMILES string of the molecule is C=CC(=O)N1CCN(c2c(C#N)c(=O)n(-c3c(C)ccnc3C(C)C)c3nc(-c4c(N)c(Cl)c(Cl)c(F)c4Cl)c(Cl)cc23)CC1. The number of halogens is 5. The molecular formula is C31H26Cl4FN7O2. The van der Waals surface area contributed by atoms with Crippen molar-refractivity contribution in [1.29, 1.82) is 5.26 Å². The number of nitrogen functional groups attached to an aromatic ring is 1. The Kier molecular flexibility index (Phi) is 9.02. The van der Waals surface area contributed by atoms with Crippen LogP contribution in [0.2, 0.25) is 20.1 Å². The van der Waals surface area contributed by atoms with Gasteiger partial charge in [-0.1, -0.05) is 66.8 Å². The number of carbonyl (C=O) groups excluding carboxylic acids is 1. The van der Waals surface area contributed by atoms with Gasteiger partial charge < -0.3 is 15.5 Å². The van der Waals surface area contributed by atoms with Crippen LogP contribution in [0.15, 0.2) is 35.8 Å². The molecule has 5 rings (SSSR count). The Bertz CT molecular complexity index is 1990. The van der Waals surface area contributed by atoms with E-state index in [-0.39, 0.29) is 50.0 Å². The van der Waals surface area contributed by atoms with Gasteiger partial charge in [0, 0.05) is 43.3 Å². The molecule has 45 heavy (non-hydrogen) atoms. The van der Waals surface area contributed by atoms with Crippen LogP contribution in [0, 0.1) is 24.1 Å². The number of nitriles is 1. The summed E-state index contributed by atoms with van der Waals surface area (Å²) < 4.78 is 16.4. The number of anilines is 2. The Morgan fingerprint density at radius 3 is 2.40 bits per heavy atom. The monoisotopic (exact) mass is 687 g/mol. The number of pyridine rings is 3. The van der Waals surface area contributed by atoms with Gasteiger partial charge in [0.25, 0.3) is 5.56 Å². The number of rotatable bonds is 5. The van der Waals surface area contributed by atoms with Crippen LogP contribution in [0.4, 0.5) is 15.8 Å². The summed E-state index contributed by atoms with van der Waals surface area (Å²) in [7, 11) is 0. The quantitative estimate of drug-likeness (QED) is 0.105. The summed E-state index contributed by atoms with van der Waals surface area (Å²) in [5, 5.41) is 9.57. The van der Waals surface area contributed by atoms with Gasteiger partial charge in [0.2, 0.25) is 5.91 Å². The molecular weight excluding hydrogens is 663 g/mol. The van der Waals surface area contributed by atoms with E-state index in [1.807, 2.05) is 25.7 Å². The van der Waals surface area contributed by atoms with Gasteiger partial charge in [0.05, 0.1) is 48.5 Å². The van der Waals surface area contributed by atoms with Gasteiger partial charge >= 0.3 is 0 Å². The largest absolute Gasteiger partial charge is 0.397 e. The molecule has 0 saturated carbocycles. The van der Waals surface area contributed by atoms with Crippen molar-refractivity contribution in [3.8, 4) is 23.0 Å². The molecule has 0 radical (unpaired) electrons. The van der Waals surface area contributed by atoms with Crippen LogP contribution in [-0.4, -0.2) is 51.5 Å². The predicted molar refractivity (Wildman–Crippen MR) is 178 cm³/mol. The number of fused-ring (bicyclic) bond motifs is 1. The lowest BCUT2D eigenvalue weighted by Gasteiger charge is -2.36. The highest BCUT2D eigenvalue weighted by Gasteiger charge is 2.31. The summed E-state index contributed by atoms with van der Waals surface area (Å²) in [6.45, 7) is 10.5. The number of aryl methyl sites for hydroxylation is 1. The first kappa shape index (κ1) is 32.5. The van der Waals surface area contributed by atoms with Crippen molar-refractivity contribution < 1.29 is 9.18 Å². The third-order valence-corrected chi connectivity index (χ3v) is 9.22. The highest BCUT2D eigenvalue weighted by Crippen LogP contribution is 2.46. The molecule has 14 heteroatoms. The van der Waals surface area contributed by atoms with E-state index < -0.39 is 21.4 Å². The third-order valence-electron chi connectivity index (χ3n) is 7.74. The van der Waals surface area contributed by atoms with E-state index in [2.05, 4.69) is 17.6 Å². The molecule has 1 amide bonds. The highest BCUT2D eigenvalue weighted by molar-refractivity contribution is 6.46. The predicted octanol–water partition coefficient (Wildman–Crippen LogP) is 6.92. The topological polar surface area (TPSA) is 121 Å². The lowest BCUT2D eigenvalue weighted by atomic mass is 10.0. The molecule has 4 heterocycles. The van der Waals surface area contributed by atoms with E-state index in [1.165, 1.54) is 16.7 Å². The fourth-order valence-corrected chi connectivity index (χ4v) is 6.48. The van der Waals surface area contributed by atoms with Crippen molar-refractivity contribution in [2.45, 2.75) is 26.7 Å². The number of amides is 1. The molecule has 1 aliphatic rings. The maximum Gasteiger partial charge on any atom is 0.276 e. The first-order valence-electron chi connectivity index (χ1n) is 13.8. The molecule has 0 unspecified atom stereocenters. The van der Waals surface area contributed by atoms with Crippen LogP contribution in [0.1, 0.15) is 36.6 Å². The van der Waals surface area contributed by atoms with Crippen LogP contribution in [0.3, 0.4) is 0 Å². The molecule has 232 valence electrons. The maximum absolute atomic E-state index is 15.1. The summed E-state index contributed by atoms with van der Waals surface area (Å²) in [6, 6.07) is 5.37. The van der Waals surface area contributed by atoms with E-state index in [0.29, 0.717) is 54.2 Å². The van der Waals surface area contributed by atoms with Crippen LogP contribution >= 0.6 is 46.4 Å². The minimum Gasteiger partial charge on any atom is -0.397 e. The third kappa shape index (κ3) is 5.38. The summed E-state index contributed by atoms with van der Waals surface area (Å²) in [5.41, 5.74) is 7.27. The zero-order valence-electron chi connectivity index (χ0n) is 24.4. The number of nitrogens with zero attached hydrogens (tertiary/aromatic N) is 6. The molecule has 1 aliphatic heterocycles. The smallest absolute Gasteiger partial charge is 0.276 e. The average molecular weight is 689 g/mol. The first-order valence-corrected chi connectivity index (χ1v) is 15.3. The van der Waals surface area contributed by atoms with Gasteiger partial charge in [-0.2, -0.15) is 5.26 Å². The molecule has 1 saturated heterocycles. The Hall–Kier alpha value is -3.88. The van der Waals surface area contributed by atoms with Crippen molar-refractivity contribution in [1.82, 2.24) is 19.4 Å². The van der Waals surface area contributed by atoms with Crippen LogP contribution in [-0.2, 0) is 4.79 Å². The summed E-state index contributed by atoms with van der Waals surface area (Å²) in [4.78, 5) is 39.5. The number of benzene rings is 1. The molecule has 2 N–H and O–H groups in total.